The number of ether oxygens (including phenoxy) is 1. The molecular weight excluding hydrogens is 642 g/mol. The lowest BCUT2D eigenvalue weighted by atomic mass is 9.68. The second-order valence-corrected chi connectivity index (χ2v) is 13.7. The molecule has 4 aromatic rings. The number of hydrogen-bond acceptors (Lipinski definition) is 8. The van der Waals surface area contributed by atoms with E-state index in [9.17, 15) is 24.9 Å². The fourth-order valence-electron chi connectivity index (χ4n) is 6.97. The predicted octanol–water partition coefficient (Wildman–Crippen LogP) is 6.93. The number of Topliss-reactive ketones (excluding diaryl/α,β-unsaturated/α-hetero) is 1. The molecule has 8 N–H and O–H groups in total. The first kappa shape index (κ1) is 37.6. The van der Waals surface area contributed by atoms with E-state index >= 15 is 0 Å². The third-order valence-electron chi connectivity index (χ3n) is 9.79. The molecule has 9 heteroatoms. The summed E-state index contributed by atoms with van der Waals surface area (Å²) in [6.07, 6.45) is 13.5. The van der Waals surface area contributed by atoms with E-state index in [4.69, 9.17) is 16.2 Å². The van der Waals surface area contributed by atoms with Crippen molar-refractivity contribution in [2.75, 3.05) is 6.61 Å². The molecule has 270 valence electrons. The summed E-state index contributed by atoms with van der Waals surface area (Å²) < 4.78 is 6.02. The summed E-state index contributed by atoms with van der Waals surface area (Å²) in [6.45, 7) is 2.07. The number of rotatable bonds is 18. The number of carbonyl (C=O) groups excluding carboxylic acids is 2. The number of nitrogens with one attached hydrogen (secondary N) is 1. The number of carbonyl (C=O) groups is 2. The Morgan fingerprint density at radius 1 is 0.941 bits per heavy atom. The van der Waals surface area contributed by atoms with Crippen molar-refractivity contribution < 1.29 is 29.6 Å². The Balaban J connectivity index is 1.23. The van der Waals surface area contributed by atoms with Crippen molar-refractivity contribution in [2.45, 2.75) is 89.3 Å². The number of allylic oxidation sites excluding steroid dienone is 2. The van der Waals surface area contributed by atoms with Gasteiger partial charge in [-0.15, -0.1) is 0 Å². The van der Waals surface area contributed by atoms with Crippen LogP contribution in [0, 0.1) is 5.92 Å². The topological polar surface area (TPSA) is 172 Å². The lowest BCUT2D eigenvalue weighted by Gasteiger charge is -2.34. The number of aromatic hydroxyl groups is 2. The highest BCUT2D eigenvalue weighted by Crippen LogP contribution is 2.46. The highest BCUT2D eigenvalue weighted by molar-refractivity contribution is 5.99. The molecule has 3 aromatic carbocycles. The fraction of sp³-hybridized carbons (Fsp3) is 0.381. The normalized spacial score (nSPS) is 16.3. The zero-order chi connectivity index (χ0) is 36.3. The van der Waals surface area contributed by atoms with E-state index in [1.165, 1.54) is 0 Å². The minimum absolute atomic E-state index is 0.0211. The Labute approximate surface area is 300 Å². The summed E-state index contributed by atoms with van der Waals surface area (Å²) in [5, 5.41) is 31.0. The molecule has 0 saturated heterocycles. The monoisotopic (exact) mass is 693 g/mol. The van der Waals surface area contributed by atoms with Gasteiger partial charge in [-0.3, -0.25) is 9.59 Å². The van der Waals surface area contributed by atoms with Gasteiger partial charge >= 0.3 is 0 Å². The molecule has 0 unspecified atom stereocenters. The number of phenols is 2. The first-order valence-corrected chi connectivity index (χ1v) is 18.1. The van der Waals surface area contributed by atoms with Crippen molar-refractivity contribution in [3.8, 4) is 17.2 Å². The third-order valence-corrected chi connectivity index (χ3v) is 9.79. The van der Waals surface area contributed by atoms with Crippen LogP contribution in [0.4, 0.5) is 0 Å². The summed E-state index contributed by atoms with van der Waals surface area (Å²) in [6, 6.07) is 18.3. The summed E-state index contributed by atoms with van der Waals surface area (Å²) in [4.78, 5) is 29.2. The number of unbranched alkanes of at least 4 members (excludes halogenated alkanes) is 3. The number of benzene rings is 3. The number of fused-ring (bicyclic) bond motifs is 1. The number of nitrogens with two attached hydrogens (primary N) is 2. The quantitative estimate of drug-likeness (QED) is 0.0282. The van der Waals surface area contributed by atoms with Crippen molar-refractivity contribution >= 4 is 11.6 Å². The molecule has 51 heavy (non-hydrogen) atoms. The van der Waals surface area contributed by atoms with Crippen LogP contribution in [0.1, 0.15) is 108 Å². The molecule has 9 nitrogen and oxygen atoms in total. The van der Waals surface area contributed by atoms with Crippen LogP contribution in [0.5, 0.6) is 17.2 Å². The number of aromatic amines is 1. The Morgan fingerprint density at radius 2 is 1.73 bits per heavy atom. The van der Waals surface area contributed by atoms with Gasteiger partial charge in [0, 0.05) is 48.2 Å². The Morgan fingerprint density at radius 3 is 2.47 bits per heavy atom. The Bertz CT molecular complexity index is 1800. The Kier molecular flexibility index (Phi) is 13.2. The highest BCUT2D eigenvalue weighted by Gasteiger charge is 2.37. The van der Waals surface area contributed by atoms with Crippen molar-refractivity contribution in [1.82, 2.24) is 4.98 Å². The molecule has 1 aliphatic rings. The molecule has 0 saturated carbocycles. The maximum absolute atomic E-state index is 13.8. The number of aliphatic hydroxyl groups is 1. The van der Waals surface area contributed by atoms with Crippen LogP contribution in [-0.2, 0) is 24.1 Å². The number of ketones is 2. The number of hydrogen-bond donors (Lipinski definition) is 6. The molecule has 1 heterocycles. The van der Waals surface area contributed by atoms with Crippen LogP contribution in [0.3, 0.4) is 0 Å². The molecular formula is C42H51N3O6. The van der Waals surface area contributed by atoms with Gasteiger partial charge in [0.1, 0.15) is 5.75 Å². The zero-order valence-electron chi connectivity index (χ0n) is 29.4. The van der Waals surface area contributed by atoms with Gasteiger partial charge in [0.15, 0.2) is 23.1 Å². The average molecular weight is 694 g/mol. The highest BCUT2D eigenvalue weighted by atomic mass is 16.5. The van der Waals surface area contributed by atoms with E-state index in [-0.39, 0.29) is 47.6 Å². The molecule has 1 aliphatic carbocycles. The number of phenolic OH excluding ortho intramolecular Hbond substituents is 2. The standard InChI is InChI=1S/C42H51N3O6/c1-27(46)7-5-3-2-4-6-8-33(47)14-9-28-11-18-38(49)39(24-28)51-22-20-29-10-17-37(48)36(23-29)40-34-15-13-31(42(43)44)25-30(34)12-16-35(40)41(50)32-19-21-45-26-32/h6,8,10-11,13,15,17-19,21,23-27,35,40,42,45-46,48-49H,2-5,7,9,12,14,16,20,22,43-44H2,1H3/b8-6+/t27-,35+,40+/m0/s1. The SMILES string of the molecule is C[C@H](O)CCCCC/C=C/C(=O)CCc1ccc(O)c(OCCc2ccc(O)c([C@@H]3c4ccc(C(N)N)cc4CC[C@H]3C(=O)c3cc[nH]c3)c2)c1. The number of aliphatic hydroxyl groups excluding tert-OH is 1. The Hall–Kier alpha value is -4.70. The lowest BCUT2D eigenvalue weighted by molar-refractivity contribution is -0.114. The molecule has 0 spiro atoms. The zero-order valence-corrected chi connectivity index (χ0v) is 29.4. The summed E-state index contributed by atoms with van der Waals surface area (Å²) in [5.41, 5.74) is 17.9. The third kappa shape index (κ3) is 10.2. The van der Waals surface area contributed by atoms with Gasteiger partial charge in [-0.2, -0.15) is 0 Å². The molecule has 0 bridgehead atoms. The van der Waals surface area contributed by atoms with Crippen molar-refractivity contribution in [3.63, 3.8) is 0 Å². The van der Waals surface area contributed by atoms with E-state index in [2.05, 4.69) is 4.98 Å². The van der Waals surface area contributed by atoms with Gasteiger partial charge < -0.3 is 36.5 Å². The number of aromatic nitrogens is 1. The van der Waals surface area contributed by atoms with Gasteiger partial charge in [-0.1, -0.05) is 55.3 Å². The molecule has 5 rings (SSSR count). The molecule has 0 aliphatic heterocycles. The first-order valence-electron chi connectivity index (χ1n) is 18.1. The van der Waals surface area contributed by atoms with Gasteiger partial charge in [-0.25, -0.2) is 0 Å². The van der Waals surface area contributed by atoms with Crippen molar-refractivity contribution in [1.29, 1.82) is 0 Å². The van der Waals surface area contributed by atoms with E-state index in [1.807, 2.05) is 36.4 Å². The largest absolute Gasteiger partial charge is 0.508 e. The number of aryl methyl sites for hydroxylation is 2. The van der Waals surface area contributed by atoms with Gasteiger partial charge in [0.2, 0.25) is 0 Å². The maximum Gasteiger partial charge on any atom is 0.168 e. The van der Waals surface area contributed by atoms with Gasteiger partial charge in [0.05, 0.1) is 18.9 Å². The van der Waals surface area contributed by atoms with Crippen LogP contribution in [0.15, 0.2) is 85.2 Å². The van der Waals surface area contributed by atoms with Crippen LogP contribution in [0.25, 0.3) is 0 Å². The minimum atomic E-state index is -0.609. The van der Waals surface area contributed by atoms with E-state index < -0.39 is 6.17 Å². The molecule has 0 radical (unpaired) electrons. The fourth-order valence-corrected chi connectivity index (χ4v) is 6.97. The van der Waals surface area contributed by atoms with Gasteiger partial charge in [-0.05, 0) is 104 Å². The average Bonchev–Trinajstić information content (AvgIpc) is 3.66. The van der Waals surface area contributed by atoms with E-state index in [0.717, 1.165) is 59.9 Å². The molecule has 1 aromatic heterocycles. The molecule has 3 atom stereocenters. The maximum atomic E-state index is 13.8. The van der Waals surface area contributed by atoms with Crippen LogP contribution in [0.2, 0.25) is 0 Å². The van der Waals surface area contributed by atoms with Crippen molar-refractivity contribution in [3.05, 3.63) is 124 Å². The van der Waals surface area contributed by atoms with Crippen LogP contribution < -0.4 is 16.2 Å². The second kappa shape index (κ2) is 18.0. The van der Waals surface area contributed by atoms with E-state index in [0.29, 0.717) is 49.0 Å². The van der Waals surface area contributed by atoms with Gasteiger partial charge in [0.25, 0.3) is 0 Å². The smallest absolute Gasteiger partial charge is 0.168 e. The summed E-state index contributed by atoms with van der Waals surface area (Å²) >= 11 is 0. The second-order valence-electron chi connectivity index (χ2n) is 13.7. The minimum Gasteiger partial charge on any atom is -0.508 e. The molecule has 0 fully saturated rings. The van der Waals surface area contributed by atoms with Crippen LogP contribution >= 0.6 is 0 Å². The first-order chi connectivity index (χ1) is 24.6. The van der Waals surface area contributed by atoms with Crippen LogP contribution in [-0.4, -0.2) is 44.6 Å². The summed E-state index contributed by atoms with van der Waals surface area (Å²) in [7, 11) is 0. The summed E-state index contributed by atoms with van der Waals surface area (Å²) in [5.74, 6) is -0.194. The number of H-pyrrole nitrogens is 1. The van der Waals surface area contributed by atoms with E-state index in [1.54, 1.807) is 55.7 Å². The predicted molar refractivity (Wildman–Crippen MR) is 199 cm³/mol. The lowest BCUT2D eigenvalue weighted by Crippen LogP contribution is -2.29. The molecule has 0 amide bonds. The van der Waals surface area contributed by atoms with Crippen molar-refractivity contribution in [2.24, 2.45) is 17.4 Å².